The van der Waals surface area contributed by atoms with Gasteiger partial charge in [0.15, 0.2) is 0 Å². The number of pyridine rings is 1. The van der Waals surface area contributed by atoms with Crippen LogP contribution in [0.15, 0.2) is 54.7 Å². The fourth-order valence-corrected chi connectivity index (χ4v) is 10.1. The van der Waals surface area contributed by atoms with Crippen LogP contribution in [0.4, 0.5) is 0 Å². The number of amides is 4. The third-order valence-electron chi connectivity index (χ3n) is 13.9. The zero-order valence-corrected chi connectivity index (χ0v) is 42.5. The van der Waals surface area contributed by atoms with Crippen LogP contribution < -0.4 is 10.7 Å². The average molecular weight is 965 g/mol. The molecule has 0 aliphatic carbocycles. The Hall–Kier alpha value is -5.88. The van der Waals surface area contributed by atoms with Crippen LogP contribution in [0.5, 0.6) is 5.75 Å². The summed E-state index contributed by atoms with van der Waals surface area (Å²) in [6, 6.07) is 12.1. The van der Waals surface area contributed by atoms with Crippen molar-refractivity contribution in [3.05, 3.63) is 71.5 Å². The molecule has 5 heterocycles. The third-order valence-corrected chi connectivity index (χ3v) is 13.9. The maximum Gasteiger partial charge on any atom is 0.324 e. The van der Waals surface area contributed by atoms with Gasteiger partial charge in [-0.1, -0.05) is 39.8 Å². The molecule has 2 unspecified atom stereocenters. The molecule has 70 heavy (non-hydrogen) atoms. The number of methoxy groups -OCH3 is 2. The van der Waals surface area contributed by atoms with Gasteiger partial charge in [-0.2, -0.15) is 0 Å². The van der Waals surface area contributed by atoms with Crippen LogP contribution in [-0.2, 0) is 57.6 Å². The predicted octanol–water partition coefficient (Wildman–Crippen LogP) is 5.11. The van der Waals surface area contributed by atoms with Gasteiger partial charge < -0.3 is 39.0 Å². The average Bonchev–Trinajstić information content (AvgIpc) is 4.05. The molecule has 0 radical (unpaired) electrons. The van der Waals surface area contributed by atoms with E-state index in [0.717, 1.165) is 51.9 Å². The summed E-state index contributed by atoms with van der Waals surface area (Å²) in [5, 5.41) is 16.7. The maximum absolute atomic E-state index is 14.8. The minimum Gasteiger partial charge on any atom is -0.508 e. The van der Waals surface area contributed by atoms with Crippen LogP contribution in [0.3, 0.4) is 0 Å². The van der Waals surface area contributed by atoms with E-state index in [-0.39, 0.29) is 55.8 Å². The molecule has 3 aliphatic rings. The highest BCUT2D eigenvalue weighted by atomic mass is 16.5. The molecule has 4 amide bonds. The number of aromatic hydroxyl groups is 1. The molecule has 17 heteroatoms. The van der Waals surface area contributed by atoms with Gasteiger partial charge in [-0.25, -0.2) is 5.43 Å². The number of phenolic OH excluding ortho intramolecular Hbond substituents is 1. The monoisotopic (exact) mass is 965 g/mol. The van der Waals surface area contributed by atoms with E-state index in [9.17, 15) is 29.1 Å². The van der Waals surface area contributed by atoms with Crippen LogP contribution in [-0.4, -0.2) is 156 Å². The van der Waals surface area contributed by atoms with Gasteiger partial charge in [0.25, 0.3) is 5.91 Å². The lowest BCUT2D eigenvalue weighted by Crippen LogP contribution is -2.62. The van der Waals surface area contributed by atoms with E-state index in [2.05, 4.69) is 54.3 Å². The fourth-order valence-electron chi connectivity index (χ4n) is 10.1. The Labute approximate surface area is 411 Å². The van der Waals surface area contributed by atoms with Gasteiger partial charge >= 0.3 is 5.97 Å². The molecule has 3 N–H and O–H groups in total. The number of carbonyl (C=O) groups is 5. The summed E-state index contributed by atoms with van der Waals surface area (Å²) in [5.74, 6) is -2.55. The number of cyclic esters (lactones) is 1. The molecule has 2 aromatic carbocycles. The van der Waals surface area contributed by atoms with E-state index in [4.69, 9.17) is 19.2 Å². The van der Waals surface area contributed by atoms with Crippen molar-refractivity contribution in [2.75, 3.05) is 67.7 Å². The van der Waals surface area contributed by atoms with E-state index >= 15 is 0 Å². The van der Waals surface area contributed by atoms with Crippen molar-refractivity contribution in [2.24, 2.45) is 11.3 Å². The molecular formula is C53H72N8O9. The van der Waals surface area contributed by atoms with Crippen LogP contribution in [0, 0.1) is 11.3 Å². The zero-order chi connectivity index (χ0) is 50.6. The first kappa shape index (κ1) is 52.0. The number of nitrogens with one attached hydrogen (secondary N) is 2. The minimum absolute atomic E-state index is 0.0199. The van der Waals surface area contributed by atoms with Gasteiger partial charge in [0, 0.05) is 95.6 Å². The van der Waals surface area contributed by atoms with Crippen LogP contribution >= 0.6 is 0 Å². The Morgan fingerprint density at radius 2 is 1.83 bits per heavy atom. The standard InChI is InChI=1S/C53H72N8O9/c1-11-60-43-18-17-35-27-39(43)40(48(60)38-15-12-19-54-46(38)33(4)69-10)28-53(5,6)31-70-52(67)41-16-13-21-61(56-41)50(65)42(25-34-23-36(35)26-37(62)24-34)55-49(64)47(32(2)3)58(8)45(63)30-57(7)51(66)44-29-59(44)20-14-22-68-9/h12,15,17-19,23-24,26-27,32-33,41-42,44,47,56,62H,11,13-14,16,20-22,25,28-31H2,1-10H3,(H,55,64)/t33-,41-,42-,44+,47?,59?/m0/s1. The highest BCUT2D eigenvalue weighted by molar-refractivity contribution is 5.96. The van der Waals surface area contributed by atoms with Crippen molar-refractivity contribution in [3.8, 4) is 28.1 Å². The summed E-state index contributed by atoms with van der Waals surface area (Å²) in [5.41, 5.74) is 9.48. The molecule has 2 saturated heterocycles. The number of carbonyl (C=O) groups excluding carboxylic acids is 5. The second kappa shape index (κ2) is 22.0. The topological polar surface area (TPSA) is 188 Å². The molecule has 6 bridgehead atoms. The summed E-state index contributed by atoms with van der Waals surface area (Å²) in [6.45, 7) is 14.6. The highest BCUT2D eigenvalue weighted by Crippen LogP contribution is 2.42. The molecule has 17 nitrogen and oxygen atoms in total. The number of aryl methyl sites for hydroxylation is 1. The highest BCUT2D eigenvalue weighted by Gasteiger charge is 2.43. The lowest BCUT2D eigenvalue weighted by molar-refractivity contribution is -0.155. The number of nitrogens with zero attached hydrogens (tertiary/aromatic N) is 6. The Morgan fingerprint density at radius 1 is 1.06 bits per heavy atom. The molecule has 2 aromatic heterocycles. The number of hydrazine groups is 1. The second-order valence-electron chi connectivity index (χ2n) is 20.3. The van der Waals surface area contributed by atoms with Crippen molar-refractivity contribution in [1.29, 1.82) is 0 Å². The number of fused-ring (bicyclic) bond motifs is 6. The quantitative estimate of drug-likeness (QED) is 0.0813. The third kappa shape index (κ3) is 11.5. The summed E-state index contributed by atoms with van der Waals surface area (Å²) in [6.07, 6.45) is 3.72. The molecule has 6 atom stereocenters. The summed E-state index contributed by atoms with van der Waals surface area (Å²) >= 11 is 0. The van der Waals surface area contributed by atoms with E-state index in [1.165, 1.54) is 21.9 Å². The number of esters is 1. The summed E-state index contributed by atoms with van der Waals surface area (Å²) in [7, 11) is 6.42. The van der Waals surface area contributed by atoms with Crippen molar-refractivity contribution in [3.63, 3.8) is 0 Å². The molecule has 2 fully saturated rings. The molecule has 0 saturated carbocycles. The summed E-state index contributed by atoms with van der Waals surface area (Å²) < 4.78 is 19.4. The number of aromatic nitrogens is 2. The first-order valence-corrected chi connectivity index (χ1v) is 24.6. The molecule has 7 rings (SSSR count). The number of ether oxygens (including phenoxy) is 3. The van der Waals surface area contributed by atoms with Crippen LogP contribution in [0.2, 0.25) is 0 Å². The van der Waals surface area contributed by atoms with Crippen molar-refractivity contribution in [2.45, 2.75) is 110 Å². The normalized spacial score (nSPS) is 21.2. The first-order chi connectivity index (χ1) is 33.4. The predicted molar refractivity (Wildman–Crippen MR) is 266 cm³/mol. The van der Waals surface area contributed by atoms with E-state index < -0.39 is 47.2 Å². The molecular weight excluding hydrogens is 893 g/mol. The maximum atomic E-state index is 14.8. The molecule has 3 aliphatic heterocycles. The number of hydrogen-bond donors (Lipinski definition) is 3. The molecule has 0 spiro atoms. The Morgan fingerprint density at radius 3 is 2.54 bits per heavy atom. The Kier molecular flexibility index (Phi) is 16.4. The number of phenols is 1. The van der Waals surface area contributed by atoms with Crippen molar-refractivity contribution < 1.29 is 43.3 Å². The van der Waals surface area contributed by atoms with E-state index in [0.29, 0.717) is 50.1 Å². The lowest BCUT2D eigenvalue weighted by atomic mass is 9.84. The van der Waals surface area contributed by atoms with Crippen LogP contribution in [0.25, 0.3) is 33.3 Å². The molecule has 378 valence electrons. The largest absolute Gasteiger partial charge is 0.508 e. The van der Waals surface area contributed by atoms with E-state index in [1.54, 1.807) is 39.6 Å². The van der Waals surface area contributed by atoms with Gasteiger partial charge in [-0.3, -0.25) is 38.9 Å². The van der Waals surface area contributed by atoms with E-state index in [1.807, 2.05) is 43.9 Å². The van der Waals surface area contributed by atoms with Crippen LogP contribution in [0.1, 0.15) is 83.7 Å². The Bertz CT molecular complexity index is 2580. The molecule has 4 aromatic rings. The first-order valence-electron chi connectivity index (χ1n) is 24.6. The van der Waals surface area contributed by atoms with Gasteiger partial charge in [-0.15, -0.1) is 0 Å². The number of hydrogen-bond acceptors (Lipinski definition) is 12. The SMILES string of the molecule is CCn1c(-c2cccnc2[C@H](C)OC)c2c3cc(ccc31)-c1cc(O)cc(c1)C[C@H](NC(=O)C(C(C)C)N(C)C(=O)CN(C)C(=O)[C@H]1CN1CCCOC)C(=O)N1CCC[C@H](N1)C(=O)OCC(C)(C)C2. The van der Waals surface area contributed by atoms with Gasteiger partial charge in [0.05, 0.1) is 30.6 Å². The minimum atomic E-state index is -1.19. The number of benzene rings is 2. The summed E-state index contributed by atoms with van der Waals surface area (Å²) in [4.78, 5) is 79.9. The van der Waals surface area contributed by atoms with Crippen molar-refractivity contribution in [1.82, 2.24) is 40.0 Å². The number of likely N-dealkylation sites (N-methyl/N-ethyl adjacent to an activating group) is 2. The lowest BCUT2D eigenvalue weighted by Gasteiger charge is -2.37. The smallest absolute Gasteiger partial charge is 0.324 e. The fraction of sp³-hybridized carbons (Fsp3) is 0.547. The van der Waals surface area contributed by atoms with Gasteiger partial charge in [0.1, 0.15) is 29.9 Å². The van der Waals surface area contributed by atoms with Crippen molar-refractivity contribution >= 4 is 40.5 Å². The number of rotatable bonds is 15. The Balaban J connectivity index is 1.24. The van der Waals surface area contributed by atoms with Gasteiger partial charge in [0.2, 0.25) is 17.7 Å². The second-order valence-corrected chi connectivity index (χ2v) is 20.3. The van der Waals surface area contributed by atoms with Gasteiger partial charge in [-0.05, 0) is 104 Å². The zero-order valence-electron chi connectivity index (χ0n) is 42.5.